The number of carbonyl (C=O) groups excluding carboxylic acids is 2. The quantitative estimate of drug-likeness (QED) is 0.279. The molecule has 0 saturated carbocycles. The monoisotopic (exact) mass is 499 g/mol. The van der Waals surface area contributed by atoms with Crippen LogP contribution in [0.2, 0.25) is 10.0 Å². The largest absolute Gasteiger partial charge is 0.508 e. The van der Waals surface area contributed by atoms with Crippen molar-refractivity contribution in [3.63, 3.8) is 0 Å². The van der Waals surface area contributed by atoms with Gasteiger partial charge in [-0.05, 0) is 54.1 Å². The molecule has 34 heavy (non-hydrogen) atoms. The normalized spacial score (nSPS) is 17.2. The van der Waals surface area contributed by atoms with E-state index in [0.717, 1.165) is 0 Å². The van der Waals surface area contributed by atoms with E-state index in [2.05, 4.69) is 0 Å². The smallest absolute Gasteiger partial charge is 0.300 e. The highest BCUT2D eigenvalue weighted by atomic mass is 35.5. The van der Waals surface area contributed by atoms with E-state index in [1.165, 1.54) is 55.5 Å². The van der Waals surface area contributed by atoms with E-state index in [0.29, 0.717) is 17.1 Å². The van der Waals surface area contributed by atoms with Crippen LogP contribution in [0.25, 0.3) is 5.76 Å². The standard InChI is InChI=1S/C25H19Cl2NO6/c1-33-19-8-5-14(9-20(19)34-2)23(30)21-22(13-3-6-18(29)7-4-13)28(25(32)24(21)31)17-11-15(26)10-16(27)12-17/h3-12,22,29-30H,1-2H3/b23-21+. The average molecular weight is 500 g/mol. The van der Waals surface area contributed by atoms with Crippen molar-refractivity contribution < 1.29 is 29.3 Å². The first kappa shape index (κ1) is 23.5. The lowest BCUT2D eigenvalue weighted by atomic mass is 9.95. The number of aliphatic hydroxyl groups is 1. The number of carbonyl (C=O) groups is 2. The molecule has 7 nitrogen and oxygen atoms in total. The van der Waals surface area contributed by atoms with Crippen molar-refractivity contribution in [3.8, 4) is 17.2 Å². The first-order valence-electron chi connectivity index (χ1n) is 10.0. The Bertz CT molecular complexity index is 1300. The molecular formula is C25H19Cl2NO6. The van der Waals surface area contributed by atoms with Gasteiger partial charge in [-0.2, -0.15) is 0 Å². The maximum absolute atomic E-state index is 13.2. The molecule has 3 aromatic carbocycles. The number of aromatic hydroxyl groups is 1. The highest BCUT2D eigenvalue weighted by Gasteiger charge is 2.47. The van der Waals surface area contributed by atoms with Gasteiger partial charge in [0, 0.05) is 21.3 Å². The first-order valence-corrected chi connectivity index (χ1v) is 10.8. The summed E-state index contributed by atoms with van der Waals surface area (Å²) < 4.78 is 10.5. The first-order chi connectivity index (χ1) is 16.2. The van der Waals surface area contributed by atoms with E-state index < -0.39 is 23.5 Å². The summed E-state index contributed by atoms with van der Waals surface area (Å²) in [6.45, 7) is 0. The maximum Gasteiger partial charge on any atom is 0.300 e. The van der Waals surface area contributed by atoms with E-state index in [9.17, 15) is 19.8 Å². The van der Waals surface area contributed by atoms with E-state index in [4.69, 9.17) is 32.7 Å². The van der Waals surface area contributed by atoms with Gasteiger partial charge in [0.1, 0.15) is 11.5 Å². The number of hydrogen-bond donors (Lipinski definition) is 2. The Morgan fingerprint density at radius 3 is 2.09 bits per heavy atom. The van der Waals surface area contributed by atoms with Gasteiger partial charge in [0.2, 0.25) is 0 Å². The SMILES string of the molecule is COc1ccc(/C(O)=C2\C(=O)C(=O)N(c3cc(Cl)cc(Cl)c3)C2c2ccc(O)cc2)cc1OC. The number of amides is 1. The number of phenolic OH excluding ortho intramolecular Hbond substituents is 1. The number of ketones is 1. The minimum absolute atomic E-state index is 0.00592. The lowest BCUT2D eigenvalue weighted by Gasteiger charge is -2.26. The Morgan fingerprint density at radius 1 is 0.882 bits per heavy atom. The predicted molar refractivity (Wildman–Crippen MR) is 129 cm³/mol. The fourth-order valence-electron chi connectivity index (χ4n) is 3.89. The Hall–Kier alpha value is -3.68. The molecule has 174 valence electrons. The van der Waals surface area contributed by atoms with Crippen LogP contribution >= 0.6 is 23.2 Å². The second-order valence-electron chi connectivity index (χ2n) is 7.46. The van der Waals surface area contributed by atoms with Gasteiger partial charge in [-0.1, -0.05) is 35.3 Å². The maximum atomic E-state index is 13.2. The highest BCUT2D eigenvalue weighted by molar-refractivity contribution is 6.52. The molecule has 1 fully saturated rings. The van der Waals surface area contributed by atoms with Crippen LogP contribution < -0.4 is 14.4 Å². The zero-order valence-electron chi connectivity index (χ0n) is 18.1. The molecule has 1 aliphatic heterocycles. The number of benzene rings is 3. The Kier molecular flexibility index (Phi) is 6.41. The molecule has 4 rings (SSSR count). The van der Waals surface area contributed by atoms with E-state index in [1.54, 1.807) is 24.3 Å². The Balaban J connectivity index is 1.96. The number of methoxy groups -OCH3 is 2. The third-order valence-corrected chi connectivity index (χ3v) is 5.87. The molecule has 1 atom stereocenters. The fraction of sp³-hybridized carbons (Fsp3) is 0.120. The van der Waals surface area contributed by atoms with E-state index in [1.807, 2.05) is 0 Å². The molecule has 3 aromatic rings. The van der Waals surface area contributed by atoms with Crippen molar-refractivity contribution in [2.45, 2.75) is 6.04 Å². The molecule has 1 aliphatic rings. The molecule has 0 aromatic heterocycles. The van der Waals surface area contributed by atoms with Gasteiger partial charge in [0.25, 0.3) is 11.7 Å². The zero-order valence-corrected chi connectivity index (χ0v) is 19.6. The Morgan fingerprint density at radius 2 is 1.50 bits per heavy atom. The number of rotatable bonds is 5. The van der Waals surface area contributed by atoms with Crippen molar-refractivity contribution in [2.75, 3.05) is 19.1 Å². The number of hydrogen-bond acceptors (Lipinski definition) is 6. The van der Waals surface area contributed by atoms with Gasteiger partial charge in [-0.3, -0.25) is 14.5 Å². The van der Waals surface area contributed by atoms with Gasteiger partial charge in [0.05, 0.1) is 25.8 Å². The molecule has 1 saturated heterocycles. The molecule has 0 aliphatic carbocycles. The van der Waals surface area contributed by atoms with Crippen LogP contribution in [0.4, 0.5) is 5.69 Å². The van der Waals surface area contributed by atoms with E-state index >= 15 is 0 Å². The van der Waals surface area contributed by atoms with Gasteiger partial charge >= 0.3 is 0 Å². The number of Topliss-reactive ketones (excluding diaryl/α,β-unsaturated/α-hetero) is 1. The molecule has 0 radical (unpaired) electrons. The van der Waals surface area contributed by atoms with Crippen molar-refractivity contribution in [2.24, 2.45) is 0 Å². The second kappa shape index (κ2) is 9.29. The van der Waals surface area contributed by atoms with Crippen LogP contribution in [0.15, 0.2) is 66.2 Å². The van der Waals surface area contributed by atoms with Gasteiger partial charge in [-0.15, -0.1) is 0 Å². The third kappa shape index (κ3) is 4.16. The molecule has 0 bridgehead atoms. The highest BCUT2D eigenvalue weighted by Crippen LogP contribution is 2.44. The number of ether oxygens (including phenoxy) is 2. The van der Waals surface area contributed by atoms with Crippen LogP contribution in [0.3, 0.4) is 0 Å². The molecular weight excluding hydrogens is 481 g/mol. The predicted octanol–water partition coefficient (Wildman–Crippen LogP) is 5.34. The lowest BCUT2D eigenvalue weighted by molar-refractivity contribution is -0.132. The summed E-state index contributed by atoms with van der Waals surface area (Å²) in [5, 5.41) is 21.5. The van der Waals surface area contributed by atoms with Crippen LogP contribution in [0, 0.1) is 0 Å². The molecule has 1 amide bonds. The summed E-state index contributed by atoms with van der Waals surface area (Å²) >= 11 is 12.3. The topological polar surface area (TPSA) is 96.3 Å². The van der Waals surface area contributed by atoms with Crippen molar-refractivity contribution in [1.29, 1.82) is 0 Å². The summed E-state index contributed by atoms with van der Waals surface area (Å²) in [4.78, 5) is 27.6. The summed E-state index contributed by atoms with van der Waals surface area (Å²) in [5.41, 5.74) is 0.877. The number of nitrogens with zero attached hydrogens (tertiary/aromatic N) is 1. The number of aliphatic hydroxyl groups excluding tert-OH is 1. The van der Waals surface area contributed by atoms with Crippen LogP contribution in [0.5, 0.6) is 17.2 Å². The molecule has 1 unspecified atom stereocenters. The van der Waals surface area contributed by atoms with Gasteiger partial charge in [0.15, 0.2) is 11.5 Å². The van der Waals surface area contributed by atoms with E-state index in [-0.39, 0.29) is 32.6 Å². The second-order valence-corrected chi connectivity index (χ2v) is 8.33. The molecule has 9 heteroatoms. The van der Waals surface area contributed by atoms with Crippen molar-refractivity contribution in [1.82, 2.24) is 0 Å². The summed E-state index contributed by atoms with van der Waals surface area (Å²) in [6, 6.07) is 14.1. The minimum atomic E-state index is -1.01. The minimum Gasteiger partial charge on any atom is -0.508 e. The molecule has 1 heterocycles. The Labute approximate surface area is 205 Å². The third-order valence-electron chi connectivity index (χ3n) is 5.44. The summed E-state index contributed by atoms with van der Waals surface area (Å²) in [6.07, 6.45) is 0. The van der Waals surface area contributed by atoms with Crippen LogP contribution in [-0.2, 0) is 9.59 Å². The average Bonchev–Trinajstić information content (AvgIpc) is 3.08. The summed E-state index contributed by atoms with van der Waals surface area (Å²) in [5.74, 6) is -1.37. The lowest BCUT2D eigenvalue weighted by Crippen LogP contribution is -2.29. The van der Waals surface area contributed by atoms with Crippen LogP contribution in [0.1, 0.15) is 17.2 Å². The zero-order chi connectivity index (χ0) is 24.6. The summed E-state index contributed by atoms with van der Waals surface area (Å²) in [7, 11) is 2.92. The molecule has 2 N–H and O–H groups in total. The number of phenols is 1. The van der Waals surface area contributed by atoms with Crippen LogP contribution in [-0.4, -0.2) is 36.1 Å². The number of anilines is 1. The van der Waals surface area contributed by atoms with Gasteiger partial charge in [-0.25, -0.2) is 0 Å². The molecule has 0 spiro atoms. The van der Waals surface area contributed by atoms with Gasteiger partial charge < -0.3 is 19.7 Å². The van der Waals surface area contributed by atoms with Crippen molar-refractivity contribution >= 4 is 46.3 Å². The van der Waals surface area contributed by atoms with Crippen molar-refractivity contribution in [3.05, 3.63) is 87.4 Å². The number of halogens is 2. The fourth-order valence-corrected chi connectivity index (χ4v) is 4.40.